The Morgan fingerprint density at radius 3 is 2.28 bits per heavy atom. The number of hydrogen-bond acceptors (Lipinski definition) is 6. The molecule has 130 valence electrons. The topological polar surface area (TPSA) is 113 Å². The van der Waals surface area contributed by atoms with E-state index in [0.717, 1.165) is 29.3 Å². The molecule has 0 aromatic heterocycles. The van der Waals surface area contributed by atoms with Gasteiger partial charge in [-0.1, -0.05) is 26.0 Å². The first-order valence-corrected chi connectivity index (χ1v) is 7.46. The van der Waals surface area contributed by atoms with Gasteiger partial charge in [-0.25, -0.2) is 4.79 Å². The van der Waals surface area contributed by atoms with Crippen molar-refractivity contribution in [3.05, 3.63) is 73.3 Å². The number of rotatable bonds is 5. The van der Waals surface area contributed by atoms with Gasteiger partial charge in [0.05, 0.1) is 15.9 Å². The van der Waals surface area contributed by atoms with E-state index in [4.69, 9.17) is 4.74 Å². The van der Waals surface area contributed by atoms with Gasteiger partial charge in [-0.2, -0.15) is 0 Å². The minimum Gasteiger partial charge on any atom is -0.422 e. The number of non-ortho nitro benzene ring substituents is 1. The molecule has 0 radical (unpaired) electrons. The second kappa shape index (κ2) is 7.08. The Kier molecular flexibility index (Phi) is 5.11. The summed E-state index contributed by atoms with van der Waals surface area (Å²) in [7, 11) is 0. The molecule has 0 saturated carbocycles. The van der Waals surface area contributed by atoms with Gasteiger partial charge in [-0.15, -0.1) is 0 Å². The van der Waals surface area contributed by atoms with Gasteiger partial charge in [-0.05, 0) is 36.1 Å². The number of nitro groups is 2. The third-order valence-electron chi connectivity index (χ3n) is 3.60. The Hall–Kier alpha value is -3.29. The fraction of sp³-hybridized carbons (Fsp3) is 0.235. The van der Waals surface area contributed by atoms with E-state index < -0.39 is 27.2 Å². The van der Waals surface area contributed by atoms with Gasteiger partial charge in [0, 0.05) is 6.07 Å². The first-order valence-electron chi connectivity index (χ1n) is 7.46. The fourth-order valence-electron chi connectivity index (χ4n) is 2.32. The van der Waals surface area contributed by atoms with Crippen molar-refractivity contribution in [2.24, 2.45) is 0 Å². The van der Waals surface area contributed by atoms with Crippen molar-refractivity contribution in [1.82, 2.24) is 0 Å². The van der Waals surface area contributed by atoms with Crippen LogP contribution in [0, 0.1) is 27.2 Å². The van der Waals surface area contributed by atoms with Crippen molar-refractivity contribution < 1.29 is 19.4 Å². The van der Waals surface area contributed by atoms with Crippen molar-refractivity contribution in [2.45, 2.75) is 26.7 Å². The van der Waals surface area contributed by atoms with Crippen molar-refractivity contribution >= 4 is 17.3 Å². The maximum Gasteiger partial charge on any atom is 0.350 e. The van der Waals surface area contributed by atoms with Gasteiger partial charge in [-0.3, -0.25) is 20.2 Å². The highest BCUT2D eigenvalue weighted by Crippen LogP contribution is 2.30. The van der Waals surface area contributed by atoms with Crippen LogP contribution in [0.1, 0.15) is 41.3 Å². The second-order valence-electron chi connectivity index (χ2n) is 5.80. The molecular weight excluding hydrogens is 328 g/mol. The summed E-state index contributed by atoms with van der Waals surface area (Å²) in [5, 5.41) is 21.9. The lowest BCUT2D eigenvalue weighted by Gasteiger charge is -2.13. The predicted molar refractivity (Wildman–Crippen MR) is 90.0 cm³/mol. The summed E-state index contributed by atoms with van der Waals surface area (Å²) in [6.45, 7) is 5.68. The highest BCUT2D eigenvalue weighted by molar-refractivity contribution is 5.95. The van der Waals surface area contributed by atoms with Crippen LogP contribution in [0.5, 0.6) is 5.75 Å². The smallest absolute Gasteiger partial charge is 0.350 e. The molecule has 0 aliphatic carbocycles. The minimum atomic E-state index is -0.936. The van der Waals surface area contributed by atoms with Crippen LogP contribution in [-0.2, 0) is 0 Å². The zero-order valence-electron chi connectivity index (χ0n) is 13.9. The van der Waals surface area contributed by atoms with E-state index in [2.05, 4.69) is 0 Å². The van der Waals surface area contributed by atoms with E-state index >= 15 is 0 Å². The molecule has 0 heterocycles. The fourth-order valence-corrected chi connectivity index (χ4v) is 2.32. The summed E-state index contributed by atoms with van der Waals surface area (Å²) in [5.41, 5.74) is 0.167. The monoisotopic (exact) mass is 344 g/mol. The van der Waals surface area contributed by atoms with Crippen LogP contribution in [-0.4, -0.2) is 15.8 Å². The number of esters is 1. The Morgan fingerprint density at radius 2 is 1.72 bits per heavy atom. The third kappa shape index (κ3) is 3.97. The van der Waals surface area contributed by atoms with Crippen LogP contribution in [0.25, 0.3) is 0 Å². The average Bonchev–Trinajstić information content (AvgIpc) is 2.53. The molecule has 0 amide bonds. The molecule has 8 nitrogen and oxygen atoms in total. The number of nitrogens with zero attached hydrogens (tertiary/aromatic N) is 2. The van der Waals surface area contributed by atoms with E-state index in [9.17, 15) is 25.0 Å². The van der Waals surface area contributed by atoms with Crippen LogP contribution in [0.3, 0.4) is 0 Å². The van der Waals surface area contributed by atoms with Crippen molar-refractivity contribution in [3.8, 4) is 5.75 Å². The molecular formula is C17H16N2O6. The molecule has 2 aromatic carbocycles. The molecule has 0 N–H and O–H groups in total. The number of ether oxygens (including phenoxy) is 1. The van der Waals surface area contributed by atoms with Crippen LogP contribution < -0.4 is 4.74 Å². The lowest BCUT2D eigenvalue weighted by Crippen LogP contribution is -2.13. The summed E-state index contributed by atoms with van der Waals surface area (Å²) in [6.07, 6.45) is 0. The molecule has 2 rings (SSSR count). The van der Waals surface area contributed by atoms with Crippen LogP contribution >= 0.6 is 0 Å². The van der Waals surface area contributed by atoms with Crippen LogP contribution in [0.4, 0.5) is 11.4 Å². The van der Waals surface area contributed by atoms with Gasteiger partial charge in [0.15, 0.2) is 0 Å². The molecule has 2 aromatic rings. The zero-order chi connectivity index (χ0) is 18.7. The maximum atomic E-state index is 12.4. The molecule has 0 aliphatic heterocycles. The van der Waals surface area contributed by atoms with E-state index in [-0.39, 0.29) is 11.5 Å². The average molecular weight is 344 g/mol. The molecule has 8 heteroatoms. The zero-order valence-corrected chi connectivity index (χ0v) is 13.9. The first kappa shape index (κ1) is 18.1. The summed E-state index contributed by atoms with van der Waals surface area (Å²) >= 11 is 0. The second-order valence-corrected chi connectivity index (χ2v) is 5.80. The molecule has 0 spiro atoms. The summed E-state index contributed by atoms with van der Waals surface area (Å²) in [6, 6.07) is 8.18. The Labute approximate surface area is 143 Å². The van der Waals surface area contributed by atoms with Gasteiger partial charge < -0.3 is 4.74 Å². The first-order chi connectivity index (χ1) is 11.7. The van der Waals surface area contributed by atoms with E-state index in [1.54, 1.807) is 6.07 Å². The van der Waals surface area contributed by atoms with Crippen LogP contribution in [0.2, 0.25) is 0 Å². The highest BCUT2D eigenvalue weighted by atomic mass is 16.6. The maximum absolute atomic E-state index is 12.4. The summed E-state index contributed by atoms with van der Waals surface area (Å²) < 4.78 is 5.35. The number of nitro benzene ring substituents is 2. The number of carbonyl (C=O) groups is 1. The minimum absolute atomic E-state index is 0.0789. The molecule has 0 fully saturated rings. The van der Waals surface area contributed by atoms with E-state index in [1.807, 2.05) is 32.9 Å². The highest BCUT2D eigenvalue weighted by Gasteiger charge is 2.26. The number of benzene rings is 2. The predicted octanol–water partition coefficient (Wildman–Crippen LogP) is 4.15. The van der Waals surface area contributed by atoms with Gasteiger partial charge in [0.2, 0.25) is 0 Å². The normalized spacial score (nSPS) is 10.6. The number of aryl methyl sites for hydroxylation is 1. The molecule has 0 unspecified atom stereocenters. The van der Waals surface area contributed by atoms with Gasteiger partial charge >= 0.3 is 5.97 Å². The Balaban J connectivity index is 2.44. The molecule has 0 saturated heterocycles. The lowest BCUT2D eigenvalue weighted by molar-refractivity contribution is -0.394. The number of hydrogen-bond donors (Lipinski definition) is 0. The third-order valence-corrected chi connectivity index (χ3v) is 3.60. The molecule has 0 bridgehead atoms. The SMILES string of the molecule is Cc1ccc(C(C)C)c(OC(=O)c2ccc([N+](=O)[O-])cc2[N+](=O)[O-])c1. The molecule has 25 heavy (non-hydrogen) atoms. The van der Waals surface area contributed by atoms with Crippen molar-refractivity contribution in [3.63, 3.8) is 0 Å². The van der Waals surface area contributed by atoms with Crippen LogP contribution in [0.15, 0.2) is 36.4 Å². The Bertz CT molecular complexity index is 860. The summed E-state index contributed by atoms with van der Waals surface area (Å²) in [5.74, 6) is -0.544. The van der Waals surface area contributed by atoms with Crippen molar-refractivity contribution in [1.29, 1.82) is 0 Å². The lowest BCUT2D eigenvalue weighted by atomic mass is 10.0. The van der Waals surface area contributed by atoms with E-state index in [1.165, 1.54) is 0 Å². The van der Waals surface area contributed by atoms with E-state index in [0.29, 0.717) is 5.75 Å². The Morgan fingerprint density at radius 1 is 1.04 bits per heavy atom. The number of carbonyl (C=O) groups excluding carboxylic acids is 1. The van der Waals surface area contributed by atoms with Gasteiger partial charge in [0.25, 0.3) is 11.4 Å². The molecule has 0 aliphatic rings. The van der Waals surface area contributed by atoms with Gasteiger partial charge in [0.1, 0.15) is 11.3 Å². The standard InChI is InChI=1S/C17H16N2O6/c1-10(2)13-6-4-11(3)8-16(13)25-17(20)14-7-5-12(18(21)22)9-15(14)19(23)24/h4-10H,1-3H3. The van der Waals surface area contributed by atoms with Crippen molar-refractivity contribution in [2.75, 3.05) is 0 Å². The largest absolute Gasteiger partial charge is 0.422 e. The molecule has 0 atom stereocenters. The quantitative estimate of drug-likeness (QED) is 0.348. The summed E-state index contributed by atoms with van der Waals surface area (Å²) in [4.78, 5) is 32.7.